The van der Waals surface area contributed by atoms with Crippen LogP contribution in [0.1, 0.15) is 43.4 Å². The maximum Gasteiger partial charge on any atom is 0.0294 e. The number of nitrogens with two attached hydrogens (primary N) is 1. The second-order valence-corrected chi connectivity index (χ2v) is 3.66. The average molecular weight is 214 g/mol. The molecule has 0 radical (unpaired) electrons. The molecule has 1 nitrogen and oxygen atoms in total. The molecule has 0 bridgehead atoms. The predicted molar refractivity (Wildman–Crippen MR) is 64.9 cm³/mol. The van der Waals surface area contributed by atoms with Gasteiger partial charge in [-0.2, -0.15) is 0 Å². The van der Waals surface area contributed by atoms with Crippen molar-refractivity contribution in [1.82, 2.24) is 0 Å². The van der Waals surface area contributed by atoms with Gasteiger partial charge in [0.05, 0.1) is 0 Å². The Balaban J connectivity index is 0.00000169. The lowest BCUT2D eigenvalue weighted by molar-refractivity contribution is 0.603. The van der Waals surface area contributed by atoms with Crippen molar-refractivity contribution >= 4 is 12.4 Å². The molecule has 0 saturated heterocycles. The van der Waals surface area contributed by atoms with E-state index in [1.807, 2.05) is 0 Å². The molecule has 0 aromatic heterocycles. The van der Waals surface area contributed by atoms with Gasteiger partial charge in [0.1, 0.15) is 0 Å². The van der Waals surface area contributed by atoms with Crippen LogP contribution in [-0.4, -0.2) is 0 Å². The lowest BCUT2D eigenvalue weighted by atomic mass is 10.0. The van der Waals surface area contributed by atoms with E-state index in [0.29, 0.717) is 0 Å². The molecule has 2 heteroatoms. The first-order valence-corrected chi connectivity index (χ1v) is 5.06. The van der Waals surface area contributed by atoms with E-state index in [4.69, 9.17) is 5.73 Å². The van der Waals surface area contributed by atoms with Crippen LogP contribution in [0.5, 0.6) is 0 Å². The van der Waals surface area contributed by atoms with Gasteiger partial charge < -0.3 is 5.73 Å². The summed E-state index contributed by atoms with van der Waals surface area (Å²) in [5, 5.41) is 0. The fourth-order valence-corrected chi connectivity index (χ4v) is 1.49. The van der Waals surface area contributed by atoms with Crippen LogP contribution >= 0.6 is 12.4 Å². The van der Waals surface area contributed by atoms with Crippen molar-refractivity contribution < 1.29 is 0 Å². The maximum absolute atomic E-state index is 6.05. The second-order valence-electron chi connectivity index (χ2n) is 3.66. The van der Waals surface area contributed by atoms with Crippen molar-refractivity contribution in [3.05, 3.63) is 35.4 Å². The van der Waals surface area contributed by atoms with E-state index < -0.39 is 0 Å². The molecule has 0 saturated carbocycles. The molecule has 1 unspecified atom stereocenters. The predicted octanol–water partition coefficient (Wildman–Crippen LogP) is 3.61. The summed E-state index contributed by atoms with van der Waals surface area (Å²) in [6.45, 7) is 4.30. The minimum Gasteiger partial charge on any atom is -0.324 e. The van der Waals surface area contributed by atoms with Crippen LogP contribution in [0.4, 0.5) is 0 Å². The molecule has 0 heterocycles. The van der Waals surface area contributed by atoms with Crippen molar-refractivity contribution in [1.29, 1.82) is 0 Å². The average Bonchev–Trinajstić information content (AvgIpc) is 2.14. The molecule has 1 aromatic rings. The first kappa shape index (κ1) is 13.5. The fourth-order valence-electron chi connectivity index (χ4n) is 1.49. The Morgan fingerprint density at radius 1 is 1.36 bits per heavy atom. The van der Waals surface area contributed by atoms with Gasteiger partial charge in [0.25, 0.3) is 0 Å². The third-order valence-corrected chi connectivity index (χ3v) is 2.34. The summed E-state index contributed by atoms with van der Waals surface area (Å²) in [5.41, 5.74) is 8.62. The second kappa shape index (κ2) is 6.86. The van der Waals surface area contributed by atoms with Crippen LogP contribution in [0, 0.1) is 6.92 Å². The van der Waals surface area contributed by atoms with Crippen molar-refractivity contribution in [2.45, 2.75) is 39.2 Å². The summed E-state index contributed by atoms with van der Waals surface area (Å²) >= 11 is 0. The smallest absolute Gasteiger partial charge is 0.0294 e. The first-order chi connectivity index (χ1) is 6.24. The number of hydrogen-bond donors (Lipinski definition) is 1. The van der Waals surface area contributed by atoms with Crippen molar-refractivity contribution in [3.8, 4) is 0 Å². The highest BCUT2D eigenvalue weighted by atomic mass is 35.5. The number of halogens is 1. The highest BCUT2D eigenvalue weighted by Crippen LogP contribution is 2.17. The Hall–Kier alpha value is -0.530. The van der Waals surface area contributed by atoms with Crippen molar-refractivity contribution in [2.75, 3.05) is 0 Å². The number of hydrogen-bond acceptors (Lipinski definition) is 1. The topological polar surface area (TPSA) is 26.0 Å². The van der Waals surface area contributed by atoms with E-state index in [0.717, 1.165) is 6.42 Å². The molecule has 80 valence electrons. The van der Waals surface area contributed by atoms with Crippen molar-refractivity contribution in [2.24, 2.45) is 5.73 Å². The molecule has 0 amide bonds. The molecule has 2 N–H and O–H groups in total. The third kappa shape index (κ3) is 4.12. The van der Waals surface area contributed by atoms with Crippen LogP contribution in [0.3, 0.4) is 0 Å². The molecule has 1 rings (SSSR count). The van der Waals surface area contributed by atoms with Gasteiger partial charge in [-0.05, 0) is 18.9 Å². The summed E-state index contributed by atoms with van der Waals surface area (Å²) in [6, 6.07) is 8.71. The molecule has 1 aromatic carbocycles. The first-order valence-electron chi connectivity index (χ1n) is 5.06. The number of rotatable bonds is 4. The SMILES string of the molecule is CCCCC(N)c1cccc(C)c1.Cl. The third-order valence-electron chi connectivity index (χ3n) is 2.34. The van der Waals surface area contributed by atoms with Gasteiger partial charge in [0.15, 0.2) is 0 Å². The van der Waals surface area contributed by atoms with Crippen molar-refractivity contribution in [3.63, 3.8) is 0 Å². The summed E-state index contributed by atoms with van der Waals surface area (Å²) < 4.78 is 0. The van der Waals surface area contributed by atoms with Gasteiger partial charge in [-0.1, -0.05) is 49.6 Å². The number of unbranched alkanes of at least 4 members (excludes halogenated alkanes) is 1. The molecular formula is C12H20ClN. The highest BCUT2D eigenvalue weighted by molar-refractivity contribution is 5.85. The van der Waals surface area contributed by atoms with E-state index in [-0.39, 0.29) is 18.4 Å². The van der Waals surface area contributed by atoms with Gasteiger partial charge in [0, 0.05) is 6.04 Å². The fraction of sp³-hybridized carbons (Fsp3) is 0.500. The summed E-state index contributed by atoms with van der Waals surface area (Å²) in [4.78, 5) is 0. The van der Waals surface area contributed by atoms with Gasteiger partial charge in [-0.15, -0.1) is 12.4 Å². The Morgan fingerprint density at radius 3 is 2.64 bits per heavy atom. The standard InChI is InChI=1S/C12H19N.ClH/c1-3-4-8-12(13)11-7-5-6-10(2)9-11;/h5-7,9,12H,3-4,8,13H2,1-2H3;1H. The number of benzene rings is 1. The minimum atomic E-state index is 0. The van der Waals surface area contributed by atoms with Crippen LogP contribution < -0.4 is 5.73 Å². The normalized spacial score (nSPS) is 11.9. The molecule has 1 atom stereocenters. The van der Waals surface area contributed by atoms with Crippen LogP contribution in [0.25, 0.3) is 0 Å². The Labute approximate surface area is 93.1 Å². The Bertz CT molecular complexity index is 260. The molecule has 14 heavy (non-hydrogen) atoms. The Morgan fingerprint density at radius 2 is 2.07 bits per heavy atom. The maximum atomic E-state index is 6.05. The van der Waals surface area contributed by atoms with E-state index in [2.05, 4.69) is 38.1 Å². The largest absolute Gasteiger partial charge is 0.324 e. The van der Waals surface area contributed by atoms with Gasteiger partial charge in [-0.3, -0.25) is 0 Å². The molecule has 0 spiro atoms. The molecule has 0 aliphatic rings. The van der Waals surface area contributed by atoms with E-state index in [1.54, 1.807) is 0 Å². The zero-order valence-corrected chi connectivity index (χ0v) is 9.81. The van der Waals surface area contributed by atoms with Crippen LogP contribution in [-0.2, 0) is 0 Å². The lowest BCUT2D eigenvalue weighted by Crippen LogP contribution is -2.09. The monoisotopic (exact) mass is 213 g/mol. The van der Waals surface area contributed by atoms with Gasteiger partial charge >= 0.3 is 0 Å². The summed E-state index contributed by atoms with van der Waals surface area (Å²) in [6.07, 6.45) is 3.54. The summed E-state index contributed by atoms with van der Waals surface area (Å²) in [5.74, 6) is 0. The highest BCUT2D eigenvalue weighted by Gasteiger charge is 2.04. The van der Waals surface area contributed by atoms with E-state index in [1.165, 1.54) is 24.0 Å². The lowest BCUT2D eigenvalue weighted by Gasteiger charge is -2.11. The quantitative estimate of drug-likeness (QED) is 0.813. The van der Waals surface area contributed by atoms with Gasteiger partial charge in [-0.25, -0.2) is 0 Å². The number of aryl methyl sites for hydroxylation is 1. The minimum absolute atomic E-state index is 0. The van der Waals surface area contributed by atoms with Crippen LogP contribution in [0.15, 0.2) is 24.3 Å². The zero-order valence-electron chi connectivity index (χ0n) is 8.99. The zero-order chi connectivity index (χ0) is 9.68. The molecule has 0 aliphatic carbocycles. The molecule has 0 aliphatic heterocycles. The molecule has 0 fully saturated rings. The van der Waals surface area contributed by atoms with E-state index >= 15 is 0 Å². The summed E-state index contributed by atoms with van der Waals surface area (Å²) in [7, 11) is 0. The van der Waals surface area contributed by atoms with Gasteiger partial charge in [0.2, 0.25) is 0 Å². The van der Waals surface area contributed by atoms with E-state index in [9.17, 15) is 0 Å². The van der Waals surface area contributed by atoms with Crippen LogP contribution in [0.2, 0.25) is 0 Å². The Kier molecular flexibility index (Phi) is 6.60. The molecular weight excluding hydrogens is 194 g/mol.